The van der Waals surface area contributed by atoms with Crippen LogP contribution in [-0.4, -0.2) is 83.9 Å². The number of rotatable bonds is 6. The lowest BCUT2D eigenvalue weighted by Gasteiger charge is -2.37. The van der Waals surface area contributed by atoms with Crippen molar-refractivity contribution in [2.75, 3.05) is 62.2 Å². The molecule has 0 unspecified atom stereocenters. The summed E-state index contributed by atoms with van der Waals surface area (Å²) in [4.78, 5) is 41.9. The Hall–Kier alpha value is -3.01. The lowest BCUT2D eigenvalue weighted by atomic mass is 10.1. The van der Waals surface area contributed by atoms with Crippen LogP contribution in [0.5, 0.6) is 0 Å². The summed E-state index contributed by atoms with van der Waals surface area (Å²) in [5.74, 6) is 1.46. The Kier molecular flexibility index (Phi) is 8.79. The maximum atomic E-state index is 13.1. The maximum absolute atomic E-state index is 13.1. The Labute approximate surface area is 242 Å². The molecule has 0 bridgehead atoms. The average Bonchev–Trinajstić information content (AvgIpc) is 2.96. The van der Waals surface area contributed by atoms with Gasteiger partial charge in [-0.2, -0.15) is 0 Å². The van der Waals surface area contributed by atoms with Gasteiger partial charge in [-0.05, 0) is 29.8 Å². The van der Waals surface area contributed by atoms with Gasteiger partial charge in [-0.3, -0.25) is 9.59 Å². The second kappa shape index (κ2) is 12.4. The van der Waals surface area contributed by atoms with E-state index in [4.69, 9.17) is 28.2 Å². The van der Waals surface area contributed by atoms with Gasteiger partial charge in [0.25, 0.3) is 5.91 Å². The number of hydrogen-bond acceptors (Lipinski definition) is 7. The summed E-state index contributed by atoms with van der Waals surface area (Å²) in [6.07, 6.45) is 0. The minimum Gasteiger partial charge on any atom is -0.367 e. The number of carbonyl (C=O) groups excluding carboxylic acids is 2. The lowest BCUT2D eigenvalue weighted by Crippen LogP contribution is -2.50. The molecule has 0 saturated carbocycles. The van der Waals surface area contributed by atoms with Crippen LogP contribution in [0.15, 0.2) is 59.8 Å². The van der Waals surface area contributed by atoms with E-state index in [0.717, 1.165) is 48.3 Å². The van der Waals surface area contributed by atoms with E-state index in [1.807, 2.05) is 59.5 Å². The van der Waals surface area contributed by atoms with E-state index in [1.165, 1.54) is 11.8 Å². The van der Waals surface area contributed by atoms with Crippen molar-refractivity contribution in [3.8, 4) is 0 Å². The third-order valence-electron chi connectivity index (χ3n) is 7.01. The zero-order valence-corrected chi connectivity index (χ0v) is 24.1. The molecule has 0 spiro atoms. The lowest BCUT2D eigenvalue weighted by molar-refractivity contribution is -0.130. The van der Waals surface area contributed by atoms with E-state index in [2.05, 4.69) is 14.8 Å². The number of aromatic nitrogens is 2. The molecule has 204 valence electrons. The van der Waals surface area contributed by atoms with Gasteiger partial charge in [-0.1, -0.05) is 59.2 Å². The predicted molar refractivity (Wildman–Crippen MR) is 157 cm³/mol. The van der Waals surface area contributed by atoms with Crippen molar-refractivity contribution in [3.05, 3.63) is 75.9 Å². The number of amides is 2. The van der Waals surface area contributed by atoms with Crippen LogP contribution in [0.3, 0.4) is 0 Å². The smallest absolute Gasteiger partial charge is 0.253 e. The fraction of sp³-hybridized carbons (Fsp3) is 0.357. The van der Waals surface area contributed by atoms with Gasteiger partial charge in [0.1, 0.15) is 11.0 Å². The molecule has 2 saturated heterocycles. The molecule has 2 fully saturated rings. The van der Waals surface area contributed by atoms with Crippen molar-refractivity contribution < 1.29 is 9.59 Å². The quantitative estimate of drug-likeness (QED) is 0.236. The van der Waals surface area contributed by atoms with Gasteiger partial charge in [0.05, 0.1) is 10.7 Å². The SMILES string of the molecule is CC(=O)N1CCN(C(=O)c2cccc(CSc3nc(Cl)cc(N4CCN(c5ccccc5Cl)CC4)n3)c2)CC1. The number of nitrogens with zero attached hydrogens (tertiary/aromatic N) is 6. The minimum atomic E-state index is -0.0118. The van der Waals surface area contributed by atoms with Crippen LogP contribution in [0.2, 0.25) is 10.2 Å². The van der Waals surface area contributed by atoms with Gasteiger partial charge in [0.15, 0.2) is 5.16 Å². The van der Waals surface area contributed by atoms with Gasteiger partial charge >= 0.3 is 0 Å². The molecule has 1 aromatic heterocycles. The Bertz CT molecular complexity index is 1340. The standard InChI is InChI=1S/C28H30Cl2N6O2S/c1-20(37)33-9-15-36(16-10-33)27(38)22-6-4-5-21(17-22)19-39-28-31-25(30)18-26(32-28)35-13-11-34(12-14-35)24-8-3-2-7-23(24)29/h2-8,17-18H,9-16,19H2,1H3. The zero-order chi connectivity index (χ0) is 27.4. The van der Waals surface area contributed by atoms with E-state index < -0.39 is 0 Å². The van der Waals surface area contributed by atoms with Gasteiger partial charge in [0.2, 0.25) is 5.91 Å². The fourth-order valence-corrected chi connectivity index (χ4v) is 6.12. The summed E-state index contributed by atoms with van der Waals surface area (Å²) in [6, 6.07) is 17.4. The monoisotopic (exact) mass is 584 g/mol. The number of piperazine rings is 2. The highest BCUT2D eigenvalue weighted by Gasteiger charge is 2.24. The molecular weight excluding hydrogens is 555 g/mol. The minimum absolute atomic E-state index is 0.0118. The average molecular weight is 586 g/mol. The van der Waals surface area contributed by atoms with Gasteiger partial charge in [-0.25, -0.2) is 9.97 Å². The fourth-order valence-electron chi connectivity index (χ4n) is 4.85. The van der Waals surface area contributed by atoms with Gasteiger partial charge in [0, 0.05) is 76.7 Å². The van der Waals surface area contributed by atoms with E-state index in [9.17, 15) is 9.59 Å². The molecule has 2 amide bonds. The Morgan fingerprint density at radius 1 is 0.821 bits per heavy atom. The summed E-state index contributed by atoms with van der Waals surface area (Å²) in [5, 5.41) is 1.77. The number of benzene rings is 2. The normalized spacial score (nSPS) is 16.0. The van der Waals surface area contributed by atoms with Gasteiger partial charge in [-0.15, -0.1) is 0 Å². The zero-order valence-electron chi connectivity index (χ0n) is 21.7. The number of para-hydroxylation sites is 1. The molecule has 3 heterocycles. The molecular formula is C28H30Cl2N6O2S. The molecule has 8 nitrogen and oxygen atoms in total. The second-order valence-electron chi connectivity index (χ2n) is 9.54. The highest BCUT2D eigenvalue weighted by molar-refractivity contribution is 7.98. The molecule has 39 heavy (non-hydrogen) atoms. The summed E-state index contributed by atoms with van der Waals surface area (Å²) < 4.78 is 0. The highest BCUT2D eigenvalue weighted by atomic mass is 35.5. The Morgan fingerprint density at radius 2 is 1.51 bits per heavy atom. The van der Waals surface area contributed by atoms with E-state index >= 15 is 0 Å². The van der Waals surface area contributed by atoms with Crippen molar-refractivity contribution in [1.29, 1.82) is 0 Å². The summed E-state index contributed by atoms with van der Waals surface area (Å²) in [7, 11) is 0. The molecule has 3 aromatic rings. The first kappa shape index (κ1) is 27.6. The third kappa shape index (κ3) is 6.77. The summed E-state index contributed by atoms with van der Waals surface area (Å²) in [5.41, 5.74) is 2.70. The number of anilines is 2. The van der Waals surface area contributed by atoms with Crippen LogP contribution in [0, 0.1) is 0 Å². The van der Waals surface area contributed by atoms with Crippen molar-refractivity contribution in [1.82, 2.24) is 19.8 Å². The second-order valence-corrected chi connectivity index (χ2v) is 11.3. The largest absolute Gasteiger partial charge is 0.367 e. The Morgan fingerprint density at radius 3 is 2.23 bits per heavy atom. The van der Waals surface area contributed by atoms with Crippen LogP contribution < -0.4 is 9.80 Å². The van der Waals surface area contributed by atoms with Crippen LogP contribution >= 0.6 is 35.0 Å². The van der Waals surface area contributed by atoms with Crippen molar-refractivity contribution in [3.63, 3.8) is 0 Å². The highest BCUT2D eigenvalue weighted by Crippen LogP contribution is 2.29. The first-order valence-corrected chi connectivity index (χ1v) is 14.7. The molecule has 2 aromatic carbocycles. The molecule has 5 rings (SSSR count). The van der Waals surface area contributed by atoms with Crippen molar-refractivity contribution in [2.24, 2.45) is 0 Å². The molecule has 2 aliphatic heterocycles. The van der Waals surface area contributed by atoms with E-state index in [-0.39, 0.29) is 11.8 Å². The molecule has 11 heteroatoms. The van der Waals surface area contributed by atoms with Crippen molar-refractivity contribution in [2.45, 2.75) is 17.8 Å². The molecule has 2 aliphatic rings. The molecule has 0 radical (unpaired) electrons. The van der Waals surface area contributed by atoms with Crippen LogP contribution in [0.1, 0.15) is 22.8 Å². The number of carbonyl (C=O) groups is 2. The number of hydrogen-bond donors (Lipinski definition) is 0. The third-order valence-corrected chi connectivity index (χ3v) is 8.44. The van der Waals surface area contributed by atoms with Crippen LogP contribution in [-0.2, 0) is 10.5 Å². The first-order chi connectivity index (χ1) is 18.9. The van der Waals surface area contributed by atoms with Crippen LogP contribution in [0.4, 0.5) is 11.5 Å². The maximum Gasteiger partial charge on any atom is 0.253 e. The Balaban J connectivity index is 1.19. The van der Waals surface area contributed by atoms with E-state index in [1.54, 1.807) is 11.8 Å². The molecule has 0 atom stereocenters. The van der Waals surface area contributed by atoms with E-state index in [0.29, 0.717) is 47.8 Å². The number of halogens is 2. The van der Waals surface area contributed by atoms with Crippen molar-refractivity contribution >= 4 is 58.3 Å². The summed E-state index contributed by atoms with van der Waals surface area (Å²) >= 11 is 14.3. The molecule has 0 N–H and O–H groups in total. The number of thioether (sulfide) groups is 1. The predicted octanol–water partition coefficient (Wildman–Crippen LogP) is 4.71. The van der Waals surface area contributed by atoms with Gasteiger partial charge < -0.3 is 19.6 Å². The molecule has 0 aliphatic carbocycles. The summed E-state index contributed by atoms with van der Waals surface area (Å²) in [6.45, 7) is 7.05. The topological polar surface area (TPSA) is 72.9 Å². The van der Waals surface area contributed by atoms with Crippen LogP contribution in [0.25, 0.3) is 0 Å². The first-order valence-electron chi connectivity index (χ1n) is 12.9.